The summed E-state index contributed by atoms with van der Waals surface area (Å²) in [6.45, 7) is 1.83. The highest BCUT2D eigenvalue weighted by atomic mass is 19.1. The summed E-state index contributed by atoms with van der Waals surface area (Å²) in [5.74, 6) is 0.284. The molecule has 0 saturated carbocycles. The van der Waals surface area contributed by atoms with E-state index in [-0.39, 0.29) is 17.5 Å². The number of halogens is 2. The number of carbonyl (C=O) groups excluding carboxylic acids is 1. The first-order chi connectivity index (χ1) is 18.0. The Labute approximate surface area is 213 Å². The number of aromatic nitrogens is 2. The van der Waals surface area contributed by atoms with E-state index in [0.29, 0.717) is 66.0 Å². The van der Waals surface area contributed by atoms with Crippen LogP contribution in [-0.2, 0) is 0 Å². The van der Waals surface area contributed by atoms with Crippen LogP contribution in [0.3, 0.4) is 0 Å². The van der Waals surface area contributed by atoms with Crippen molar-refractivity contribution in [3.63, 3.8) is 0 Å². The summed E-state index contributed by atoms with van der Waals surface area (Å²) in [5.41, 5.74) is 2.62. The number of benzene rings is 3. The number of ether oxygens (including phenoxy) is 2. The van der Waals surface area contributed by atoms with Crippen molar-refractivity contribution in [3.8, 4) is 28.4 Å². The molecule has 0 atom stereocenters. The van der Waals surface area contributed by atoms with Crippen molar-refractivity contribution in [1.29, 1.82) is 0 Å². The third-order valence-electron chi connectivity index (χ3n) is 6.44. The third kappa shape index (κ3) is 4.84. The predicted octanol–water partition coefficient (Wildman–Crippen LogP) is 4.80. The lowest BCUT2D eigenvalue weighted by Gasteiger charge is -2.36. The number of rotatable bonds is 6. The second-order valence-corrected chi connectivity index (χ2v) is 8.60. The molecule has 7 nitrogen and oxygen atoms in total. The van der Waals surface area contributed by atoms with E-state index in [1.807, 2.05) is 11.0 Å². The molecule has 0 spiro atoms. The molecule has 0 aliphatic carbocycles. The maximum absolute atomic E-state index is 14.3. The van der Waals surface area contributed by atoms with Gasteiger partial charge in [0, 0.05) is 37.8 Å². The summed E-state index contributed by atoms with van der Waals surface area (Å²) in [4.78, 5) is 17.4. The Bertz CT molecular complexity index is 1410. The highest BCUT2D eigenvalue weighted by Crippen LogP contribution is 2.34. The number of amides is 1. The minimum absolute atomic E-state index is 0.219. The van der Waals surface area contributed by atoms with E-state index in [9.17, 15) is 13.6 Å². The molecule has 0 N–H and O–H groups in total. The average Bonchev–Trinajstić information content (AvgIpc) is 3.38. The lowest BCUT2D eigenvalue weighted by molar-refractivity contribution is 0.0737. The first-order valence-electron chi connectivity index (χ1n) is 11.9. The molecule has 9 heteroatoms. The van der Waals surface area contributed by atoms with Gasteiger partial charge in [-0.1, -0.05) is 12.1 Å². The van der Waals surface area contributed by atoms with E-state index in [1.54, 1.807) is 67.7 Å². The third-order valence-corrected chi connectivity index (χ3v) is 6.44. The number of anilines is 1. The van der Waals surface area contributed by atoms with Gasteiger partial charge in [0.05, 0.1) is 31.3 Å². The molecule has 1 amide bonds. The Morgan fingerprint density at radius 1 is 0.865 bits per heavy atom. The van der Waals surface area contributed by atoms with Crippen molar-refractivity contribution in [2.45, 2.75) is 0 Å². The molecule has 5 rings (SSSR count). The number of hydrogen-bond donors (Lipinski definition) is 0. The van der Waals surface area contributed by atoms with E-state index in [1.165, 1.54) is 22.9 Å². The van der Waals surface area contributed by atoms with E-state index >= 15 is 0 Å². The van der Waals surface area contributed by atoms with Crippen LogP contribution in [0.2, 0.25) is 0 Å². The SMILES string of the molecule is COc1ccc(-c2cc(C(=O)N3CCN(c4ccccc4F)CC3)n(-c3ccc(F)cc3)n2)c(OC)c1. The fourth-order valence-electron chi connectivity index (χ4n) is 4.47. The van der Waals surface area contributed by atoms with Gasteiger partial charge in [-0.2, -0.15) is 5.10 Å². The molecule has 1 aromatic heterocycles. The van der Waals surface area contributed by atoms with Crippen LogP contribution in [0.15, 0.2) is 72.8 Å². The smallest absolute Gasteiger partial charge is 0.272 e. The molecular weight excluding hydrogens is 478 g/mol. The summed E-state index contributed by atoms with van der Waals surface area (Å²) in [6, 6.07) is 19.5. The molecule has 1 fully saturated rings. The first-order valence-corrected chi connectivity index (χ1v) is 11.9. The molecule has 1 saturated heterocycles. The van der Waals surface area contributed by atoms with Gasteiger partial charge >= 0.3 is 0 Å². The number of para-hydroxylation sites is 1. The summed E-state index contributed by atoms with van der Waals surface area (Å²) >= 11 is 0. The molecule has 2 heterocycles. The fraction of sp³-hybridized carbons (Fsp3) is 0.214. The highest BCUT2D eigenvalue weighted by molar-refractivity contribution is 5.95. The van der Waals surface area contributed by atoms with Gasteiger partial charge in [0.1, 0.15) is 28.8 Å². The predicted molar refractivity (Wildman–Crippen MR) is 137 cm³/mol. The first kappa shape index (κ1) is 24.3. The molecule has 0 bridgehead atoms. The van der Waals surface area contributed by atoms with Gasteiger partial charge in [-0.3, -0.25) is 4.79 Å². The lowest BCUT2D eigenvalue weighted by atomic mass is 10.1. The van der Waals surface area contributed by atoms with Crippen molar-refractivity contribution in [1.82, 2.24) is 14.7 Å². The second-order valence-electron chi connectivity index (χ2n) is 8.60. The topological polar surface area (TPSA) is 59.8 Å². The zero-order chi connectivity index (χ0) is 25.9. The maximum atomic E-state index is 14.3. The highest BCUT2D eigenvalue weighted by Gasteiger charge is 2.27. The summed E-state index contributed by atoms with van der Waals surface area (Å²) < 4.78 is 40.2. The number of piperazine rings is 1. The van der Waals surface area contributed by atoms with Crippen LogP contribution >= 0.6 is 0 Å². The van der Waals surface area contributed by atoms with Crippen LogP contribution in [0, 0.1) is 11.6 Å². The Hall–Kier alpha value is -4.40. The molecule has 4 aromatic rings. The maximum Gasteiger partial charge on any atom is 0.272 e. The Kier molecular flexibility index (Phi) is 6.76. The van der Waals surface area contributed by atoms with Gasteiger partial charge in [-0.05, 0) is 54.6 Å². The monoisotopic (exact) mass is 504 g/mol. The molecule has 3 aromatic carbocycles. The molecule has 1 aliphatic heterocycles. The largest absolute Gasteiger partial charge is 0.497 e. The zero-order valence-electron chi connectivity index (χ0n) is 20.5. The van der Waals surface area contributed by atoms with Crippen LogP contribution in [0.1, 0.15) is 10.5 Å². The Morgan fingerprint density at radius 2 is 1.59 bits per heavy atom. The number of carbonyl (C=O) groups is 1. The molecule has 37 heavy (non-hydrogen) atoms. The zero-order valence-corrected chi connectivity index (χ0v) is 20.5. The molecular formula is C28H26F2N4O3. The van der Waals surface area contributed by atoms with Crippen LogP contribution in [0.25, 0.3) is 16.9 Å². The quantitative estimate of drug-likeness (QED) is 0.378. The van der Waals surface area contributed by atoms with Gasteiger partial charge in [-0.15, -0.1) is 0 Å². The van der Waals surface area contributed by atoms with Gasteiger partial charge in [0.15, 0.2) is 0 Å². The molecule has 0 radical (unpaired) electrons. The molecule has 1 aliphatic rings. The molecule has 190 valence electrons. The summed E-state index contributed by atoms with van der Waals surface area (Å²) in [7, 11) is 3.12. The standard InChI is InChI=1S/C28H26F2N4O3/c1-36-21-11-12-22(27(17-21)37-2)24-18-26(34(31-24)20-9-7-19(29)8-10-20)28(35)33-15-13-32(14-16-33)25-6-4-3-5-23(25)30/h3-12,17-18H,13-16H2,1-2H3. The normalized spacial score (nSPS) is 13.5. The van der Waals surface area contributed by atoms with Gasteiger partial charge in [-0.25, -0.2) is 13.5 Å². The van der Waals surface area contributed by atoms with Gasteiger partial charge in [0.25, 0.3) is 5.91 Å². The Morgan fingerprint density at radius 3 is 2.27 bits per heavy atom. The van der Waals surface area contributed by atoms with Gasteiger partial charge < -0.3 is 19.3 Å². The minimum Gasteiger partial charge on any atom is -0.497 e. The number of methoxy groups -OCH3 is 2. The van der Waals surface area contributed by atoms with E-state index in [4.69, 9.17) is 14.6 Å². The number of nitrogens with zero attached hydrogens (tertiary/aromatic N) is 4. The number of hydrogen-bond acceptors (Lipinski definition) is 5. The van der Waals surface area contributed by atoms with Crippen molar-refractivity contribution in [2.24, 2.45) is 0 Å². The summed E-state index contributed by atoms with van der Waals surface area (Å²) in [6.07, 6.45) is 0. The van der Waals surface area contributed by atoms with Crippen molar-refractivity contribution in [2.75, 3.05) is 45.3 Å². The van der Waals surface area contributed by atoms with E-state index in [2.05, 4.69) is 0 Å². The minimum atomic E-state index is -0.384. The lowest BCUT2D eigenvalue weighted by Crippen LogP contribution is -2.49. The van der Waals surface area contributed by atoms with Gasteiger partial charge in [0.2, 0.25) is 0 Å². The Balaban J connectivity index is 1.47. The van der Waals surface area contributed by atoms with Crippen molar-refractivity contribution >= 4 is 11.6 Å². The fourth-order valence-corrected chi connectivity index (χ4v) is 4.47. The van der Waals surface area contributed by atoms with Crippen molar-refractivity contribution < 1.29 is 23.0 Å². The van der Waals surface area contributed by atoms with Crippen LogP contribution < -0.4 is 14.4 Å². The van der Waals surface area contributed by atoms with Crippen molar-refractivity contribution in [3.05, 3.63) is 90.1 Å². The van der Waals surface area contributed by atoms with Crippen LogP contribution in [0.5, 0.6) is 11.5 Å². The van der Waals surface area contributed by atoms with Crippen LogP contribution in [-0.4, -0.2) is 61.0 Å². The summed E-state index contributed by atoms with van der Waals surface area (Å²) in [5, 5.41) is 4.70. The van der Waals surface area contributed by atoms with Crippen LogP contribution in [0.4, 0.5) is 14.5 Å². The van der Waals surface area contributed by atoms with E-state index < -0.39 is 0 Å². The molecule has 0 unspecified atom stereocenters. The second kappa shape index (κ2) is 10.3. The average molecular weight is 505 g/mol. The van der Waals surface area contributed by atoms with E-state index in [0.717, 1.165) is 0 Å².